The Labute approximate surface area is 168 Å². The lowest BCUT2D eigenvalue weighted by molar-refractivity contribution is 0.0951. The van der Waals surface area contributed by atoms with E-state index in [1.807, 2.05) is 0 Å². The Hall–Kier alpha value is -4.01. The molecular weight excluding hydrogens is 394 g/mol. The van der Waals surface area contributed by atoms with Crippen LogP contribution in [0.3, 0.4) is 0 Å². The van der Waals surface area contributed by atoms with Gasteiger partial charge in [-0.3, -0.25) is 9.36 Å². The first-order valence-electron chi connectivity index (χ1n) is 8.96. The second-order valence-electron chi connectivity index (χ2n) is 6.56. The molecule has 30 heavy (non-hydrogen) atoms. The Morgan fingerprint density at radius 2 is 2.03 bits per heavy atom. The summed E-state index contributed by atoms with van der Waals surface area (Å²) in [6.07, 6.45) is 1.46. The lowest BCUT2D eigenvalue weighted by Gasteiger charge is -2.08. The number of nitrogens with one attached hydrogen (secondary N) is 2. The third-order valence-electron chi connectivity index (χ3n) is 4.55. The van der Waals surface area contributed by atoms with Gasteiger partial charge >= 0.3 is 5.69 Å². The van der Waals surface area contributed by atoms with E-state index in [9.17, 15) is 18.4 Å². The molecular formula is C21H16F2N4O3. The molecule has 0 spiro atoms. The van der Waals surface area contributed by atoms with Gasteiger partial charge in [-0.1, -0.05) is 12.1 Å². The Morgan fingerprint density at radius 1 is 1.20 bits per heavy atom. The number of pyridine rings is 1. The molecule has 0 bridgehead atoms. The van der Waals surface area contributed by atoms with E-state index in [0.717, 1.165) is 6.07 Å². The van der Waals surface area contributed by atoms with E-state index in [2.05, 4.69) is 15.3 Å². The highest BCUT2D eigenvalue weighted by Gasteiger charge is 2.11. The van der Waals surface area contributed by atoms with Gasteiger partial charge in [-0.2, -0.15) is 4.39 Å². The maximum atomic E-state index is 13.7. The van der Waals surface area contributed by atoms with Crippen molar-refractivity contribution < 1.29 is 18.3 Å². The summed E-state index contributed by atoms with van der Waals surface area (Å²) in [6, 6.07) is 11.7. The first-order chi connectivity index (χ1) is 14.4. The highest BCUT2D eigenvalue weighted by Crippen LogP contribution is 2.24. The van der Waals surface area contributed by atoms with Crippen LogP contribution in [-0.2, 0) is 13.6 Å². The molecule has 152 valence electrons. The van der Waals surface area contributed by atoms with Crippen molar-refractivity contribution in [1.29, 1.82) is 0 Å². The minimum absolute atomic E-state index is 0.0908. The van der Waals surface area contributed by atoms with Gasteiger partial charge in [0.1, 0.15) is 0 Å². The topological polar surface area (TPSA) is 89.0 Å². The zero-order valence-corrected chi connectivity index (χ0v) is 15.8. The number of rotatable bonds is 5. The molecule has 4 rings (SSSR count). The Kier molecular flexibility index (Phi) is 5.01. The van der Waals surface area contributed by atoms with Crippen molar-refractivity contribution in [2.45, 2.75) is 6.54 Å². The van der Waals surface area contributed by atoms with Crippen molar-refractivity contribution >= 4 is 16.9 Å². The van der Waals surface area contributed by atoms with Crippen LogP contribution in [0.1, 0.15) is 15.9 Å². The van der Waals surface area contributed by atoms with Crippen LogP contribution < -0.4 is 15.7 Å². The van der Waals surface area contributed by atoms with Crippen molar-refractivity contribution in [3.8, 4) is 11.6 Å². The quantitative estimate of drug-likeness (QED) is 0.529. The van der Waals surface area contributed by atoms with Crippen LogP contribution in [0.2, 0.25) is 0 Å². The Balaban J connectivity index is 1.41. The second-order valence-corrected chi connectivity index (χ2v) is 6.56. The SMILES string of the molecule is Cn1c(=O)[nH]c2cc(C(=O)NCc3ccc(Oc4cccc(F)c4F)nc3)ccc21. The molecule has 0 saturated heterocycles. The van der Waals surface area contributed by atoms with E-state index in [4.69, 9.17) is 4.74 Å². The number of nitrogens with zero attached hydrogens (tertiary/aromatic N) is 2. The van der Waals surface area contributed by atoms with Crippen molar-refractivity contribution in [2.75, 3.05) is 0 Å². The van der Waals surface area contributed by atoms with Crippen LogP contribution in [0, 0.1) is 11.6 Å². The van der Waals surface area contributed by atoms with E-state index in [1.54, 1.807) is 31.3 Å². The average Bonchev–Trinajstić information content (AvgIpc) is 3.03. The molecule has 0 saturated carbocycles. The summed E-state index contributed by atoms with van der Waals surface area (Å²) in [5.41, 5.74) is 2.10. The molecule has 2 aromatic carbocycles. The van der Waals surface area contributed by atoms with Crippen molar-refractivity contribution in [1.82, 2.24) is 19.9 Å². The first kappa shape index (κ1) is 19.3. The molecule has 1 amide bonds. The van der Waals surface area contributed by atoms with Crippen LogP contribution in [0.15, 0.2) is 59.5 Å². The molecule has 0 radical (unpaired) electrons. The third-order valence-corrected chi connectivity index (χ3v) is 4.55. The number of H-pyrrole nitrogens is 1. The molecule has 0 fully saturated rings. The summed E-state index contributed by atoms with van der Waals surface area (Å²) >= 11 is 0. The van der Waals surface area contributed by atoms with Crippen molar-refractivity contribution in [2.24, 2.45) is 7.05 Å². The van der Waals surface area contributed by atoms with Gasteiger partial charge in [-0.15, -0.1) is 0 Å². The number of imidazole rings is 1. The fourth-order valence-electron chi connectivity index (χ4n) is 2.91. The maximum Gasteiger partial charge on any atom is 0.326 e. The predicted molar refractivity (Wildman–Crippen MR) is 105 cm³/mol. The maximum absolute atomic E-state index is 13.7. The normalized spacial score (nSPS) is 10.9. The monoisotopic (exact) mass is 410 g/mol. The summed E-state index contributed by atoms with van der Waals surface area (Å²) < 4.78 is 33.6. The average molecular weight is 410 g/mol. The summed E-state index contributed by atoms with van der Waals surface area (Å²) in [7, 11) is 1.64. The lowest BCUT2D eigenvalue weighted by atomic mass is 10.2. The molecule has 2 heterocycles. The molecule has 4 aromatic rings. The number of halogens is 2. The lowest BCUT2D eigenvalue weighted by Crippen LogP contribution is -2.22. The smallest absolute Gasteiger partial charge is 0.326 e. The molecule has 0 atom stereocenters. The summed E-state index contributed by atoms with van der Waals surface area (Å²) in [4.78, 5) is 30.8. The number of ether oxygens (including phenoxy) is 1. The predicted octanol–water partition coefficient (Wildman–Crippen LogP) is 3.26. The van der Waals surface area contributed by atoms with Gasteiger partial charge in [0.2, 0.25) is 11.7 Å². The fraction of sp³-hybridized carbons (Fsp3) is 0.0952. The van der Waals surface area contributed by atoms with E-state index in [0.29, 0.717) is 22.2 Å². The summed E-state index contributed by atoms with van der Waals surface area (Å²) in [6.45, 7) is 0.198. The minimum atomic E-state index is -1.09. The number of aromatic amines is 1. The van der Waals surface area contributed by atoms with Crippen molar-refractivity contribution in [3.05, 3.63) is 88.0 Å². The summed E-state index contributed by atoms with van der Waals surface area (Å²) in [5, 5.41) is 2.76. The standard InChI is InChI=1S/C21H16F2N4O3/c1-27-16-7-6-13(9-15(16)26-21(27)29)20(28)25-11-12-5-8-18(24-10-12)30-17-4-2-3-14(22)19(17)23/h2-10H,11H2,1H3,(H,25,28)(H,26,29). The van der Waals surface area contributed by atoms with E-state index in [-0.39, 0.29) is 29.8 Å². The number of aromatic nitrogens is 3. The van der Waals surface area contributed by atoms with E-state index < -0.39 is 11.6 Å². The van der Waals surface area contributed by atoms with Gasteiger partial charge in [0.05, 0.1) is 11.0 Å². The molecule has 7 nitrogen and oxygen atoms in total. The van der Waals surface area contributed by atoms with E-state index >= 15 is 0 Å². The molecule has 0 aliphatic heterocycles. The molecule has 0 aliphatic carbocycles. The molecule has 9 heteroatoms. The highest BCUT2D eigenvalue weighted by atomic mass is 19.2. The van der Waals surface area contributed by atoms with E-state index in [1.165, 1.54) is 29.0 Å². The zero-order valence-electron chi connectivity index (χ0n) is 15.8. The van der Waals surface area contributed by atoms with Gasteiger partial charge in [0.25, 0.3) is 5.91 Å². The number of amides is 1. The van der Waals surface area contributed by atoms with Crippen LogP contribution in [0.4, 0.5) is 8.78 Å². The highest BCUT2D eigenvalue weighted by molar-refractivity contribution is 5.97. The summed E-state index contributed by atoms with van der Waals surface area (Å²) in [5.74, 6) is -2.59. The minimum Gasteiger partial charge on any atom is -0.436 e. The van der Waals surface area contributed by atoms with Gasteiger partial charge in [0, 0.05) is 31.4 Å². The Morgan fingerprint density at radius 3 is 2.80 bits per heavy atom. The number of benzene rings is 2. The van der Waals surface area contributed by atoms with Crippen molar-refractivity contribution in [3.63, 3.8) is 0 Å². The largest absolute Gasteiger partial charge is 0.436 e. The number of carbonyl (C=O) groups excluding carboxylic acids is 1. The second kappa shape index (κ2) is 7.78. The number of hydrogen-bond donors (Lipinski definition) is 2. The fourth-order valence-corrected chi connectivity index (χ4v) is 2.91. The van der Waals surface area contributed by atoms with Crippen LogP contribution in [0.5, 0.6) is 11.6 Å². The molecule has 0 unspecified atom stereocenters. The number of fused-ring (bicyclic) bond motifs is 1. The first-order valence-corrected chi connectivity index (χ1v) is 8.96. The molecule has 0 aliphatic rings. The number of hydrogen-bond acceptors (Lipinski definition) is 4. The zero-order chi connectivity index (χ0) is 21.3. The van der Waals surface area contributed by atoms with Gasteiger partial charge < -0.3 is 15.0 Å². The Bertz CT molecular complexity index is 1300. The van der Waals surface area contributed by atoms with Gasteiger partial charge in [-0.25, -0.2) is 14.2 Å². The molecule has 2 aromatic heterocycles. The van der Waals surface area contributed by atoms with Crippen LogP contribution in [0.25, 0.3) is 11.0 Å². The van der Waals surface area contributed by atoms with Gasteiger partial charge in [0.15, 0.2) is 11.6 Å². The van der Waals surface area contributed by atoms with Crippen LogP contribution in [-0.4, -0.2) is 20.4 Å². The molecule has 2 N–H and O–H groups in total. The number of carbonyl (C=O) groups is 1. The van der Waals surface area contributed by atoms with Gasteiger partial charge in [-0.05, 0) is 35.9 Å². The number of aryl methyl sites for hydroxylation is 1. The third kappa shape index (κ3) is 3.77. The van der Waals surface area contributed by atoms with Crippen LogP contribution >= 0.6 is 0 Å².